The highest BCUT2D eigenvalue weighted by molar-refractivity contribution is 7.84. The first-order valence-corrected chi connectivity index (χ1v) is 4.24. The Morgan fingerprint density at radius 2 is 1.91 bits per heavy atom. The monoisotopic (exact) mass is 168 g/mol. The van der Waals surface area contributed by atoms with Gasteiger partial charge in [0, 0.05) is 0 Å². The standard InChI is InChI=1S/C10H16S/c1-5-10(8(2)3)7-6-9(4)11/h5-8,11H,4H2,1-3H3/b7-6-,10-5+. The first-order chi connectivity index (χ1) is 5.07. The van der Waals surface area contributed by atoms with Crippen molar-refractivity contribution in [2.45, 2.75) is 20.8 Å². The van der Waals surface area contributed by atoms with Crippen molar-refractivity contribution in [2.75, 3.05) is 0 Å². The van der Waals surface area contributed by atoms with Crippen LogP contribution in [-0.2, 0) is 0 Å². The van der Waals surface area contributed by atoms with E-state index in [0.29, 0.717) is 5.92 Å². The van der Waals surface area contributed by atoms with Crippen LogP contribution in [0.3, 0.4) is 0 Å². The number of allylic oxidation sites excluding steroid dienone is 4. The largest absolute Gasteiger partial charge is 0.144 e. The number of hydrogen-bond acceptors (Lipinski definition) is 1. The number of rotatable bonds is 3. The summed E-state index contributed by atoms with van der Waals surface area (Å²) in [5.41, 5.74) is 1.32. The lowest BCUT2D eigenvalue weighted by Crippen LogP contribution is -1.88. The highest BCUT2D eigenvalue weighted by atomic mass is 32.1. The molecule has 0 heterocycles. The predicted octanol–water partition coefficient (Wildman–Crippen LogP) is 3.59. The van der Waals surface area contributed by atoms with E-state index in [1.807, 2.05) is 13.0 Å². The van der Waals surface area contributed by atoms with Crippen LogP contribution in [0.1, 0.15) is 20.8 Å². The molecule has 0 saturated heterocycles. The molecule has 0 aliphatic rings. The average molecular weight is 168 g/mol. The van der Waals surface area contributed by atoms with Crippen molar-refractivity contribution >= 4 is 12.6 Å². The molecule has 62 valence electrons. The van der Waals surface area contributed by atoms with Crippen molar-refractivity contribution in [3.63, 3.8) is 0 Å². The molecular formula is C10H16S. The van der Waals surface area contributed by atoms with Gasteiger partial charge in [0.25, 0.3) is 0 Å². The first-order valence-electron chi connectivity index (χ1n) is 3.80. The Morgan fingerprint density at radius 1 is 1.36 bits per heavy atom. The van der Waals surface area contributed by atoms with Gasteiger partial charge in [-0.2, -0.15) is 0 Å². The molecule has 0 aromatic heterocycles. The minimum absolute atomic E-state index is 0.573. The molecule has 0 bridgehead atoms. The number of hydrogen-bond donors (Lipinski definition) is 1. The Kier molecular flexibility index (Phi) is 5.05. The minimum atomic E-state index is 0.573. The molecule has 0 nitrogen and oxygen atoms in total. The predicted molar refractivity (Wildman–Crippen MR) is 55.9 cm³/mol. The van der Waals surface area contributed by atoms with Gasteiger partial charge in [-0.15, -0.1) is 12.6 Å². The molecule has 0 amide bonds. The average Bonchev–Trinajstić information content (AvgIpc) is 1.87. The highest BCUT2D eigenvalue weighted by Gasteiger charge is 1.95. The zero-order valence-electron chi connectivity index (χ0n) is 7.46. The van der Waals surface area contributed by atoms with Crippen molar-refractivity contribution in [3.05, 3.63) is 35.3 Å². The van der Waals surface area contributed by atoms with E-state index < -0.39 is 0 Å². The third-order valence-electron chi connectivity index (χ3n) is 1.47. The van der Waals surface area contributed by atoms with Gasteiger partial charge in [-0.1, -0.05) is 32.6 Å². The quantitative estimate of drug-likeness (QED) is 0.483. The molecule has 0 saturated carbocycles. The molecule has 11 heavy (non-hydrogen) atoms. The van der Waals surface area contributed by atoms with E-state index in [4.69, 9.17) is 0 Å². The van der Waals surface area contributed by atoms with Gasteiger partial charge in [-0.3, -0.25) is 0 Å². The summed E-state index contributed by atoms with van der Waals surface area (Å²) in [5, 5.41) is 0. The Hall–Kier alpha value is -0.430. The Balaban J connectivity index is 4.22. The van der Waals surface area contributed by atoms with Gasteiger partial charge in [0.1, 0.15) is 0 Å². The molecule has 0 fully saturated rings. The Morgan fingerprint density at radius 3 is 2.18 bits per heavy atom. The molecule has 0 spiro atoms. The van der Waals surface area contributed by atoms with Crippen LogP contribution in [0.5, 0.6) is 0 Å². The van der Waals surface area contributed by atoms with E-state index in [1.165, 1.54) is 5.57 Å². The maximum atomic E-state index is 4.07. The van der Waals surface area contributed by atoms with Gasteiger partial charge in [0.15, 0.2) is 0 Å². The maximum absolute atomic E-state index is 4.07. The van der Waals surface area contributed by atoms with Crippen LogP contribution in [0, 0.1) is 5.92 Å². The van der Waals surface area contributed by atoms with Crippen LogP contribution in [0.4, 0.5) is 0 Å². The van der Waals surface area contributed by atoms with Crippen LogP contribution in [0.2, 0.25) is 0 Å². The smallest absolute Gasteiger partial charge is 0.00319 e. The molecule has 1 heteroatoms. The topological polar surface area (TPSA) is 0 Å². The van der Waals surface area contributed by atoms with Crippen molar-refractivity contribution in [1.29, 1.82) is 0 Å². The lowest BCUT2D eigenvalue weighted by Gasteiger charge is -2.03. The molecule has 0 aliphatic carbocycles. The Bertz CT molecular complexity index is 185. The molecular weight excluding hydrogens is 152 g/mol. The summed E-state index contributed by atoms with van der Waals surface area (Å²) in [6, 6.07) is 0. The second kappa shape index (κ2) is 5.25. The lowest BCUT2D eigenvalue weighted by atomic mass is 10.0. The summed E-state index contributed by atoms with van der Waals surface area (Å²) >= 11 is 4.07. The van der Waals surface area contributed by atoms with Crippen molar-refractivity contribution in [2.24, 2.45) is 5.92 Å². The highest BCUT2D eigenvalue weighted by Crippen LogP contribution is 2.12. The van der Waals surface area contributed by atoms with Crippen molar-refractivity contribution in [1.82, 2.24) is 0 Å². The zero-order valence-corrected chi connectivity index (χ0v) is 8.36. The maximum Gasteiger partial charge on any atom is -0.00319 e. The van der Waals surface area contributed by atoms with Gasteiger partial charge >= 0.3 is 0 Å². The van der Waals surface area contributed by atoms with Crippen molar-refractivity contribution in [3.8, 4) is 0 Å². The summed E-state index contributed by atoms with van der Waals surface area (Å²) in [6.07, 6.45) is 6.08. The summed E-state index contributed by atoms with van der Waals surface area (Å²) in [5.74, 6) is 0.573. The molecule has 0 radical (unpaired) electrons. The van der Waals surface area contributed by atoms with Crippen LogP contribution >= 0.6 is 12.6 Å². The Labute approximate surface area is 75.1 Å². The van der Waals surface area contributed by atoms with Gasteiger partial charge in [-0.25, -0.2) is 0 Å². The molecule has 0 N–H and O–H groups in total. The van der Waals surface area contributed by atoms with Gasteiger partial charge in [0.2, 0.25) is 0 Å². The second-order valence-corrected chi connectivity index (χ2v) is 3.34. The van der Waals surface area contributed by atoms with Crippen LogP contribution < -0.4 is 0 Å². The molecule has 0 aromatic rings. The molecule has 0 atom stereocenters. The van der Waals surface area contributed by atoms with Crippen molar-refractivity contribution < 1.29 is 0 Å². The van der Waals surface area contributed by atoms with Gasteiger partial charge < -0.3 is 0 Å². The normalized spacial score (nSPS) is 13.0. The fourth-order valence-electron chi connectivity index (χ4n) is 0.814. The van der Waals surface area contributed by atoms with E-state index in [-0.39, 0.29) is 0 Å². The summed E-state index contributed by atoms with van der Waals surface area (Å²) < 4.78 is 0. The van der Waals surface area contributed by atoms with E-state index >= 15 is 0 Å². The van der Waals surface area contributed by atoms with E-state index in [2.05, 4.69) is 45.2 Å². The van der Waals surface area contributed by atoms with E-state index in [9.17, 15) is 0 Å². The zero-order chi connectivity index (χ0) is 8.85. The van der Waals surface area contributed by atoms with Gasteiger partial charge in [0.05, 0.1) is 0 Å². The third-order valence-corrected chi connectivity index (χ3v) is 1.62. The van der Waals surface area contributed by atoms with E-state index in [0.717, 1.165) is 4.91 Å². The van der Waals surface area contributed by atoms with E-state index in [1.54, 1.807) is 0 Å². The SMILES string of the molecule is C=C(S)/C=C\C(=C/C)C(C)C. The van der Waals surface area contributed by atoms with Gasteiger partial charge in [-0.05, 0) is 29.4 Å². The van der Waals surface area contributed by atoms with Crippen LogP contribution in [0.15, 0.2) is 35.3 Å². The first kappa shape index (κ1) is 10.6. The van der Waals surface area contributed by atoms with Crippen LogP contribution in [-0.4, -0.2) is 0 Å². The second-order valence-electron chi connectivity index (χ2n) is 2.77. The summed E-state index contributed by atoms with van der Waals surface area (Å²) in [6.45, 7) is 10.0. The molecule has 0 aromatic carbocycles. The molecule has 0 rings (SSSR count). The third kappa shape index (κ3) is 4.91. The summed E-state index contributed by atoms with van der Waals surface area (Å²) in [7, 11) is 0. The fraction of sp³-hybridized carbons (Fsp3) is 0.400. The molecule has 0 aliphatic heterocycles. The summed E-state index contributed by atoms with van der Waals surface area (Å²) in [4.78, 5) is 0.796. The molecule has 0 unspecified atom stereocenters. The fourth-order valence-corrected chi connectivity index (χ4v) is 0.889. The van der Waals surface area contributed by atoms with Crippen LogP contribution in [0.25, 0.3) is 0 Å². The minimum Gasteiger partial charge on any atom is -0.144 e. The number of thiol groups is 1. The lowest BCUT2D eigenvalue weighted by molar-refractivity contribution is 0.789.